The molecule has 1 saturated heterocycles. The first-order chi connectivity index (χ1) is 18.4. The second kappa shape index (κ2) is 10.6. The van der Waals surface area contributed by atoms with E-state index in [0.717, 1.165) is 24.0 Å². The summed E-state index contributed by atoms with van der Waals surface area (Å²) in [5.41, 5.74) is 2.06. The molecule has 0 saturated carbocycles. The maximum atomic E-state index is 13.6. The number of nitrogens with zero attached hydrogens (tertiary/aromatic N) is 2. The van der Waals surface area contributed by atoms with Crippen molar-refractivity contribution in [2.24, 2.45) is 0 Å². The van der Waals surface area contributed by atoms with E-state index in [0.29, 0.717) is 23.3 Å². The molecule has 0 spiro atoms. The summed E-state index contributed by atoms with van der Waals surface area (Å²) in [5.74, 6) is 0. The monoisotopic (exact) mass is 585 g/mol. The van der Waals surface area contributed by atoms with Crippen LogP contribution in [-0.2, 0) is 19.2 Å². The Morgan fingerprint density at radius 2 is 1.70 bits per heavy atom. The van der Waals surface area contributed by atoms with Crippen molar-refractivity contribution in [2.45, 2.75) is 82.7 Å². The van der Waals surface area contributed by atoms with Gasteiger partial charge in [0.15, 0.2) is 8.32 Å². The van der Waals surface area contributed by atoms with Crippen molar-refractivity contribution in [1.82, 2.24) is 9.29 Å². The maximum Gasteiger partial charge on any atom is 0.419 e. The van der Waals surface area contributed by atoms with E-state index in [1.165, 1.54) is 7.05 Å². The number of ether oxygens (including phenoxy) is 1. The molecule has 4 rings (SSSR count). The van der Waals surface area contributed by atoms with E-state index < -0.39 is 30.0 Å². The number of nitrogens with one attached hydrogen (secondary N) is 1. The standard InChI is InChI=1S/C30H43N3O5SSi/c1-29(2,3)37-28(34)33-25-13-11-10-12-21(25)18-27(33)24-19-23(39(35,36)31-7)14-15-26(24)32-17-16-22(20-32)38-40(8,9)30(4,5)6/h10-15,18-19,22,31H,16-17,20H2,1-9H3/t22-/m0/s1. The Labute approximate surface area is 239 Å². The highest BCUT2D eigenvalue weighted by Gasteiger charge is 2.41. The van der Waals surface area contributed by atoms with Gasteiger partial charge >= 0.3 is 6.09 Å². The molecule has 40 heavy (non-hydrogen) atoms. The highest BCUT2D eigenvalue weighted by molar-refractivity contribution is 7.89. The molecule has 8 nitrogen and oxygen atoms in total. The molecule has 0 aliphatic carbocycles. The molecule has 2 aromatic carbocycles. The third kappa shape index (κ3) is 6.15. The SMILES string of the molecule is CNS(=O)(=O)c1ccc(N2CC[C@H](O[Si](C)(C)C(C)(C)C)C2)c(-c2cc3ccccc3n2C(=O)OC(C)(C)C)c1. The molecule has 1 aliphatic heterocycles. The highest BCUT2D eigenvalue weighted by atomic mass is 32.2. The van der Waals surface area contributed by atoms with E-state index in [2.05, 4.69) is 43.5 Å². The Balaban J connectivity index is 1.86. The molecule has 0 radical (unpaired) electrons. The molecule has 218 valence electrons. The van der Waals surface area contributed by atoms with Crippen molar-refractivity contribution in [1.29, 1.82) is 0 Å². The van der Waals surface area contributed by atoms with Crippen LogP contribution >= 0.6 is 0 Å². The zero-order chi connectivity index (χ0) is 29.7. The highest BCUT2D eigenvalue weighted by Crippen LogP contribution is 2.41. The van der Waals surface area contributed by atoms with Crippen LogP contribution in [0.4, 0.5) is 10.5 Å². The van der Waals surface area contributed by atoms with Crippen LogP contribution in [0.15, 0.2) is 53.4 Å². The van der Waals surface area contributed by atoms with Gasteiger partial charge in [-0.25, -0.2) is 22.5 Å². The van der Waals surface area contributed by atoms with Crippen molar-refractivity contribution in [3.8, 4) is 11.3 Å². The first-order valence-corrected chi connectivity index (χ1v) is 18.2. The quantitative estimate of drug-likeness (QED) is 0.328. The molecular weight excluding hydrogens is 542 g/mol. The summed E-state index contributed by atoms with van der Waals surface area (Å²) >= 11 is 0. The van der Waals surface area contributed by atoms with Crippen LogP contribution in [0, 0.1) is 0 Å². The van der Waals surface area contributed by atoms with Gasteiger partial charge in [-0.3, -0.25) is 0 Å². The molecule has 3 aromatic rings. The summed E-state index contributed by atoms with van der Waals surface area (Å²) in [6.45, 7) is 18.2. The third-order valence-electron chi connectivity index (χ3n) is 7.86. The minimum absolute atomic E-state index is 0.0752. The van der Waals surface area contributed by atoms with Gasteiger partial charge in [0, 0.05) is 29.7 Å². The molecule has 1 fully saturated rings. The Bertz CT molecular complexity index is 1520. The Hall–Kier alpha value is -2.66. The largest absolute Gasteiger partial charge is 0.443 e. The topological polar surface area (TPSA) is 89.9 Å². The van der Waals surface area contributed by atoms with E-state index in [1.54, 1.807) is 16.7 Å². The molecular formula is C30H43N3O5SSi. The Morgan fingerprint density at radius 3 is 2.33 bits per heavy atom. The summed E-state index contributed by atoms with van der Waals surface area (Å²) in [6.07, 6.45) is 0.431. The minimum atomic E-state index is -3.73. The zero-order valence-electron chi connectivity index (χ0n) is 25.2. The van der Waals surface area contributed by atoms with Crippen LogP contribution in [0.25, 0.3) is 22.2 Å². The number of benzene rings is 2. The van der Waals surface area contributed by atoms with Gasteiger partial charge in [-0.1, -0.05) is 39.0 Å². The van der Waals surface area contributed by atoms with E-state index in [4.69, 9.17) is 9.16 Å². The fraction of sp³-hybridized carbons (Fsp3) is 0.500. The van der Waals surface area contributed by atoms with Crippen molar-refractivity contribution in [3.63, 3.8) is 0 Å². The Kier molecular flexibility index (Phi) is 8.05. The van der Waals surface area contributed by atoms with Gasteiger partial charge in [-0.15, -0.1) is 0 Å². The first kappa shape index (κ1) is 30.3. The smallest absolute Gasteiger partial charge is 0.419 e. The van der Waals surface area contributed by atoms with Crippen LogP contribution in [0.3, 0.4) is 0 Å². The van der Waals surface area contributed by atoms with Gasteiger partial charge in [0.1, 0.15) is 5.60 Å². The third-order valence-corrected chi connectivity index (χ3v) is 13.8. The van der Waals surface area contributed by atoms with Gasteiger partial charge in [0.05, 0.1) is 22.2 Å². The fourth-order valence-corrected chi connectivity index (χ4v) is 6.91. The predicted octanol–water partition coefficient (Wildman–Crippen LogP) is 6.60. The minimum Gasteiger partial charge on any atom is -0.443 e. The van der Waals surface area contributed by atoms with Crippen molar-refractivity contribution in [2.75, 3.05) is 25.0 Å². The average molecular weight is 586 g/mol. The summed E-state index contributed by atoms with van der Waals surface area (Å²) in [4.78, 5) is 15.9. The lowest BCUT2D eigenvalue weighted by atomic mass is 10.1. The molecule has 0 unspecified atom stereocenters. The summed E-state index contributed by atoms with van der Waals surface area (Å²) in [7, 11) is -4.30. The number of rotatable bonds is 6. The first-order valence-electron chi connectivity index (χ1n) is 13.8. The molecule has 1 aliphatic rings. The summed E-state index contributed by atoms with van der Waals surface area (Å²) in [5, 5.41) is 0.958. The number of fused-ring (bicyclic) bond motifs is 1. The van der Waals surface area contributed by atoms with Crippen molar-refractivity contribution >= 4 is 41.0 Å². The van der Waals surface area contributed by atoms with E-state index in [9.17, 15) is 13.2 Å². The second-order valence-corrected chi connectivity index (χ2v) is 19.7. The van der Waals surface area contributed by atoms with Gasteiger partial charge in [-0.2, -0.15) is 0 Å². The number of sulfonamides is 1. The van der Waals surface area contributed by atoms with Gasteiger partial charge in [0.25, 0.3) is 0 Å². The number of hydrogen-bond acceptors (Lipinski definition) is 6. The molecule has 2 heterocycles. The number of carbonyl (C=O) groups excluding carboxylic acids is 1. The molecule has 0 bridgehead atoms. The fourth-order valence-electron chi connectivity index (χ4n) is 4.78. The molecule has 1 N–H and O–H groups in total. The van der Waals surface area contributed by atoms with Crippen LogP contribution in [0.5, 0.6) is 0 Å². The van der Waals surface area contributed by atoms with Crippen LogP contribution in [-0.4, -0.2) is 59.2 Å². The van der Waals surface area contributed by atoms with E-state index in [1.807, 2.05) is 57.2 Å². The molecule has 1 aromatic heterocycles. The van der Waals surface area contributed by atoms with Crippen LogP contribution in [0.2, 0.25) is 18.1 Å². The van der Waals surface area contributed by atoms with E-state index >= 15 is 0 Å². The van der Waals surface area contributed by atoms with Crippen LogP contribution < -0.4 is 9.62 Å². The lowest BCUT2D eigenvalue weighted by Gasteiger charge is -2.38. The number of para-hydroxylation sites is 1. The second-order valence-electron chi connectivity index (χ2n) is 13.0. The lowest BCUT2D eigenvalue weighted by Crippen LogP contribution is -2.44. The number of anilines is 1. The molecule has 1 atom stereocenters. The Morgan fingerprint density at radius 1 is 1.02 bits per heavy atom. The number of aromatic nitrogens is 1. The summed E-state index contributed by atoms with van der Waals surface area (Å²) < 4.78 is 42.2. The zero-order valence-corrected chi connectivity index (χ0v) is 27.0. The lowest BCUT2D eigenvalue weighted by molar-refractivity contribution is 0.0547. The predicted molar refractivity (Wildman–Crippen MR) is 164 cm³/mol. The maximum absolute atomic E-state index is 13.6. The summed E-state index contributed by atoms with van der Waals surface area (Å²) in [6, 6.07) is 14.6. The van der Waals surface area contributed by atoms with E-state index in [-0.39, 0.29) is 16.0 Å². The molecule has 10 heteroatoms. The van der Waals surface area contributed by atoms with Crippen molar-refractivity contribution < 1.29 is 22.4 Å². The number of hydrogen-bond donors (Lipinski definition) is 1. The average Bonchev–Trinajstić information content (AvgIpc) is 3.46. The van der Waals surface area contributed by atoms with Gasteiger partial charge in [-0.05, 0) is 82.7 Å². The normalized spacial score (nSPS) is 17.0. The van der Waals surface area contributed by atoms with Gasteiger partial charge in [0.2, 0.25) is 10.0 Å². The molecule has 0 amide bonds. The van der Waals surface area contributed by atoms with Crippen LogP contribution in [0.1, 0.15) is 48.0 Å². The van der Waals surface area contributed by atoms with Gasteiger partial charge < -0.3 is 14.1 Å². The van der Waals surface area contributed by atoms with Crippen molar-refractivity contribution in [3.05, 3.63) is 48.5 Å². The number of carbonyl (C=O) groups is 1.